The second kappa shape index (κ2) is 4.45. The van der Waals surface area contributed by atoms with Crippen molar-refractivity contribution in [2.45, 2.75) is 6.92 Å². The second-order valence-corrected chi connectivity index (χ2v) is 3.92. The average Bonchev–Trinajstić information content (AvgIpc) is 2.32. The van der Waals surface area contributed by atoms with Gasteiger partial charge in [0.1, 0.15) is 0 Å². The molecule has 0 fully saturated rings. The van der Waals surface area contributed by atoms with E-state index in [2.05, 4.69) is 0 Å². The lowest BCUT2D eigenvalue weighted by Crippen LogP contribution is -1.91. The molecule has 88 valence electrons. The Hall–Kier alpha value is -2.03. The molecule has 0 saturated carbocycles. The largest absolute Gasteiger partial charge is 0.494 e. The van der Waals surface area contributed by atoms with Crippen LogP contribution in [0, 0.1) is 12.7 Å². The standard InChI is InChI=1S/C14H14FNO/c1-9-3-5-11(16)8-12(9)10-4-6-14(17-2)13(15)7-10/h3-8H,16H2,1-2H3. The maximum Gasteiger partial charge on any atom is 0.165 e. The molecule has 0 unspecified atom stereocenters. The number of hydrogen-bond donors (Lipinski definition) is 1. The fraction of sp³-hybridized carbons (Fsp3) is 0.143. The molecule has 0 aliphatic heterocycles. The third-order valence-electron chi connectivity index (χ3n) is 2.72. The predicted octanol–water partition coefficient (Wildman–Crippen LogP) is 3.39. The van der Waals surface area contributed by atoms with Gasteiger partial charge in [-0.15, -0.1) is 0 Å². The fourth-order valence-corrected chi connectivity index (χ4v) is 1.78. The van der Waals surface area contributed by atoms with E-state index in [1.54, 1.807) is 6.07 Å². The number of ether oxygens (including phenoxy) is 1. The summed E-state index contributed by atoms with van der Waals surface area (Å²) in [5.74, 6) is -0.123. The van der Waals surface area contributed by atoms with Crippen LogP contribution in [0.5, 0.6) is 5.75 Å². The number of methoxy groups -OCH3 is 1. The molecule has 0 aliphatic carbocycles. The minimum atomic E-state index is -0.369. The Kier molecular flexibility index (Phi) is 3.00. The van der Waals surface area contributed by atoms with Crippen LogP contribution in [0.2, 0.25) is 0 Å². The molecule has 2 rings (SSSR count). The summed E-state index contributed by atoms with van der Waals surface area (Å²) in [5, 5.41) is 0. The molecule has 17 heavy (non-hydrogen) atoms. The highest BCUT2D eigenvalue weighted by molar-refractivity contribution is 5.71. The van der Waals surface area contributed by atoms with E-state index in [0.29, 0.717) is 5.69 Å². The Balaban J connectivity index is 2.53. The third kappa shape index (κ3) is 2.23. The van der Waals surface area contributed by atoms with Gasteiger partial charge in [0.15, 0.2) is 11.6 Å². The van der Waals surface area contributed by atoms with Gasteiger partial charge < -0.3 is 10.5 Å². The summed E-state index contributed by atoms with van der Waals surface area (Å²) < 4.78 is 18.5. The van der Waals surface area contributed by atoms with Gasteiger partial charge in [-0.25, -0.2) is 4.39 Å². The van der Waals surface area contributed by atoms with Gasteiger partial charge >= 0.3 is 0 Å². The second-order valence-electron chi connectivity index (χ2n) is 3.92. The SMILES string of the molecule is COc1ccc(-c2cc(N)ccc2C)cc1F. The Morgan fingerprint density at radius 1 is 1.12 bits per heavy atom. The molecule has 0 amide bonds. The van der Waals surface area contributed by atoms with Crippen LogP contribution in [0.15, 0.2) is 36.4 Å². The summed E-state index contributed by atoms with van der Waals surface area (Å²) in [4.78, 5) is 0. The number of nitrogen functional groups attached to an aromatic ring is 1. The van der Waals surface area contributed by atoms with Crippen molar-refractivity contribution in [2.24, 2.45) is 0 Å². The molecule has 0 heterocycles. The van der Waals surface area contributed by atoms with E-state index in [0.717, 1.165) is 16.7 Å². The first-order chi connectivity index (χ1) is 8.11. The van der Waals surface area contributed by atoms with Gasteiger partial charge in [0.25, 0.3) is 0 Å². The van der Waals surface area contributed by atoms with Gasteiger partial charge in [-0.2, -0.15) is 0 Å². The van der Waals surface area contributed by atoms with E-state index < -0.39 is 0 Å². The zero-order valence-corrected chi connectivity index (χ0v) is 9.83. The molecular weight excluding hydrogens is 217 g/mol. The third-order valence-corrected chi connectivity index (χ3v) is 2.72. The van der Waals surface area contributed by atoms with Crippen LogP contribution in [-0.4, -0.2) is 7.11 Å². The number of benzene rings is 2. The highest BCUT2D eigenvalue weighted by Gasteiger charge is 2.07. The van der Waals surface area contributed by atoms with Crippen molar-refractivity contribution in [1.82, 2.24) is 0 Å². The molecule has 2 N–H and O–H groups in total. The summed E-state index contributed by atoms with van der Waals surface area (Å²) in [7, 11) is 1.45. The lowest BCUT2D eigenvalue weighted by atomic mass is 10.00. The van der Waals surface area contributed by atoms with Gasteiger partial charge in [-0.05, 0) is 47.9 Å². The summed E-state index contributed by atoms with van der Waals surface area (Å²) in [6, 6.07) is 10.5. The van der Waals surface area contributed by atoms with Crippen molar-refractivity contribution in [1.29, 1.82) is 0 Å². The first-order valence-electron chi connectivity index (χ1n) is 5.32. The molecule has 0 aromatic heterocycles. The van der Waals surface area contributed by atoms with Crippen LogP contribution >= 0.6 is 0 Å². The molecule has 3 heteroatoms. The van der Waals surface area contributed by atoms with Crippen LogP contribution in [0.4, 0.5) is 10.1 Å². The van der Waals surface area contributed by atoms with Crippen LogP contribution in [0.25, 0.3) is 11.1 Å². The van der Waals surface area contributed by atoms with E-state index in [1.807, 2.05) is 31.2 Å². The molecule has 0 radical (unpaired) electrons. The number of hydrogen-bond acceptors (Lipinski definition) is 2. The van der Waals surface area contributed by atoms with E-state index in [9.17, 15) is 4.39 Å². The van der Waals surface area contributed by atoms with Crippen molar-refractivity contribution >= 4 is 5.69 Å². The normalized spacial score (nSPS) is 10.3. The van der Waals surface area contributed by atoms with Crippen molar-refractivity contribution in [2.75, 3.05) is 12.8 Å². The van der Waals surface area contributed by atoms with Gasteiger partial charge in [0.05, 0.1) is 7.11 Å². The van der Waals surface area contributed by atoms with Crippen molar-refractivity contribution in [3.8, 4) is 16.9 Å². The average molecular weight is 231 g/mol. The lowest BCUT2D eigenvalue weighted by Gasteiger charge is -2.09. The summed E-state index contributed by atoms with van der Waals surface area (Å²) in [6.07, 6.45) is 0. The van der Waals surface area contributed by atoms with Crippen molar-refractivity contribution < 1.29 is 9.13 Å². The molecule has 0 bridgehead atoms. The number of anilines is 1. The molecule has 2 aromatic rings. The maximum absolute atomic E-state index is 13.6. The Labute approximate surface area is 99.8 Å². The van der Waals surface area contributed by atoms with E-state index in [-0.39, 0.29) is 11.6 Å². The molecule has 2 aromatic carbocycles. The van der Waals surface area contributed by atoms with Crippen LogP contribution in [0.1, 0.15) is 5.56 Å². The number of halogens is 1. The summed E-state index contributed by atoms with van der Waals surface area (Å²) >= 11 is 0. The minimum absolute atomic E-state index is 0.246. The summed E-state index contributed by atoms with van der Waals surface area (Å²) in [6.45, 7) is 1.97. The van der Waals surface area contributed by atoms with E-state index in [1.165, 1.54) is 13.2 Å². The monoisotopic (exact) mass is 231 g/mol. The van der Waals surface area contributed by atoms with Gasteiger partial charge in [-0.3, -0.25) is 0 Å². The van der Waals surface area contributed by atoms with Crippen molar-refractivity contribution in [3.05, 3.63) is 47.8 Å². The molecule has 0 saturated heterocycles. The van der Waals surface area contributed by atoms with Gasteiger partial charge in [-0.1, -0.05) is 12.1 Å². The Morgan fingerprint density at radius 3 is 2.53 bits per heavy atom. The first kappa shape index (κ1) is 11.5. The predicted molar refractivity (Wildman–Crippen MR) is 67.5 cm³/mol. The molecule has 0 spiro atoms. The van der Waals surface area contributed by atoms with Gasteiger partial charge in [0, 0.05) is 5.69 Å². The summed E-state index contributed by atoms with van der Waals surface area (Å²) in [5.41, 5.74) is 9.20. The van der Waals surface area contributed by atoms with Crippen molar-refractivity contribution in [3.63, 3.8) is 0 Å². The molecular formula is C14H14FNO. The Bertz CT molecular complexity index is 552. The highest BCUT2D eigenvalue weighted by Crippen LogP contribution is 2.29. The van der Waals surface area contributed by atoms with Gasteiger partial charge in [0.2, 0.25) is 0 Å². The maximum atomic E-state index is 13.6. The molecule has 0 atom stereocenters. The zero-order valence-electron chi connectivity index (χ0n) is 9.83. The molecule has 2 nitrogen and oxygen atoms in total. The Morgan fingerprint density at radius 2 is 1.88 bits per heavy atom. The number of nitrogens with two attached hydrogens (primary N) is 1. The van der Waals surface area contributed by atoms with Crippen LogP contribution in [0.3, 0.4) is 0 Å². The number of aryl methyl sites for hydroxylation is 1. The quantitative estimate of drug-likeness (QED) is 0.804. The topological polar surface area (TPSA) is 35.2 Å². The van der Waals surface area contributed by atoms with E-state index in [4.69, 9.17) is 10.5 Å². The van der Waals surface area contributed by atoms with Crippen LogP contribution < -0.4 is 10.5 Å². The highest BCUT2D eigenvalue weighted by atomic mass is 19.1. The number of rotatable bonds is 2. The van der Waals surface area contributed by atoms with E-state index >= 15 is 0 Å². The fourth-order valence-electron chi connectivity index (χ4n) is 1.78. The first-order valence-corrected chi connectivity index (χ1v) is 5.32. The van der Waals surface area contributed by atoms with Crippen LogP contribution in [-0.2, 0) is 0 Å². The zero-order chi connectivity index (χ0) is 12.4. The lowest BCUT2D eigenvalue weighted by molar-refractivity contribution is 0.386. The molecule has 0 aliphatic rings. The minimum Gasteiger partial charge on any atom is -0.494 e. The smallest absolute Gasteiger partial charge is 0.165 e.